The highest BCUT2D eigenvalue weighted by molar-refractivity contribution is 7.99. The Bertz CT molecular complexity index is 319. The van der Waals surface area contributed by atoms with Crippen LogP contribution in [0.4, 0.5) is 0 Å². The molecule has 1 unspecified atom stereocenters. The summed E-state index contributed by atoms with van der Waals surface area (Å²) in [4.78, 5) is 2.98. The van der Waals surface area contributed by atoms with Gasteiger partial charge >= 0.3 is 0 Å². The van der Waals surface area contributed by atoms with E-state index < -0.39 is 0 Å². The van der Waals surface area contributed by atoms with E-state index in [1.54, 1.807) is 0 Å². The van der Waals surface area contributed by atoms with E-state index in [9.17, 15) is 0 Å². The monoisotopic (exact) mass is 241 g/mol. The van der Waals surface area contributed by atoms with Crippen molar-refractivity contribution >= 4 is 23.1 Å². The van der Waals surface area contributed by atoms with Gasteiger partial charge in [-0.1, -0.05) is 20.8 Å². The number of hydrogen-bond acceptors (Lipinski definition) is 3. The second-order valence-corrected chi connectivity index (χ2v) is 7.34. The zero-order valence-electron chi connectivity index (χ0n) is 9.67. The summed E-state index contributed by atoms with van der Waals surface area (Å²) >= 11 is 4.00. The fraction of sp³-hybridized carbons (Fsp3) is 0.667. The van der Waals surface area contributed by atoms with Crippen molar-refractivity contribution in [1.82, 2.24) is 5.32 Å². The highest BCUT2D eigenvalue weighted by Gasteiger charge is 2.21. The first-order valence-electron chi connectivity index (χ1n) is 5.52. The Hall–Kier alpha value is 0.01000. The fourth-order valence-electron chi connectivity index (χ4n) is 1.64. The Morgan fingerprint density at radius 1 is 1.33 bits per heavy atom. The van der Waals surface area contributed by atoms with Crippen molar-refractivity contribution in [2.24, 2.45) is 0 Å². The van der Waals surface area contributed by atoms with Crippen LogP contribution >= 0.6 is 23.1 Å². The van der Waals surface area contributed by atoms with E-state index in [0.29, 0.717) is 10.8 Å². The topological polar surface area (TPSA) is 12.0 Å². The van der Waals surface area contributed by atoms with Gasteiger partial charge in [0.2, 0.25) is 0 Å². The smallest absolute Gasteiger partial charge is 0.0882 e. The molecule has 1 aliphatic rings. The van der Waals surface area contributed by atoms with E-state index in [1.165, 1.54) is 28.5 Å². The second-order valence-electron chi connectivity index (χ2n) is 5.01. The molecule has 0 radical (unpaired) electrons. The Labute approximate surface area is 101 Å². The first-order chi connectivity index (χ1) is 7.07. The van der Waals surface area contributed by atoms with Gasteiger partial charge in [-0.25, -0.2) is 0 Å². The van der Waals surface area contributed by atoms with Crippen molar-refractivity contribution in [3.63, 3.8) is 0 Å². The lowest BCUT2D eigenvalue weighted by Crippen LogP contribution is -2.24. The van der Waals surface area contributed by atoms with Crippen LogP contribution in [0.5, 0.6) is 0 Å². The van der Waals surface area contributed by atoms with Gasteiger partial charge in [-0.05, 0) is 36.3 Å². The van der Waals surface area contributed by atoms with E-state index in [-0.39, 0.29) is 0 Å². The third kappa shape index (κ3) is 2.77. The Morgan fingerprint density at radius 3 is 2.67 bits per heavy atom. The molecule has 0 spiro atoms. The van der Waals surface area contributed by atoms with Crippen LogP contribution in [-0.2, 0) is 5.41 Å². The van der Waals surface area contributed by atoms with Crippen molar-refractivity contribution in [2.45, 2.75) is 38.0 Å². The van der Waals surface area contributed by atoms with Gasteiger partial charge in [0.15, 0.2) is 0 Å². The lowest BCUT2D eigenvalue weighted by molar-refractivity contribution is 0.604. The average Bonchev–Trinajstić information content (AvgIpc) is 2.67. The molecule has 15 heavy (non-hydrogen) atoms. The third-order valence-electron chi connectivity index (χ3n) is 2.56. The first-order valence-corrected chi connectivity index (χ1v) is 7.39. The van der Waals surface area contributed by atoms with E-state index in [0.717, 1.165) is 0 Å². The standard InChI is InChI=1S/C12H19NS2/c1-12(2,3)10-6-5-9(15-10)11-13-7-4-8-14-11/h5-6,11,13H,4,7-8H2,1-3H3. The van der Waals surface area contributed by atoms with Crippen molar-refractivity contribution < 1.29 is 0 Å². The molecule has 1 aromatic rings. The van der Waals surface area contributed by atoms with Gasteiger partial charge in [-0.2, -0.15) is 0 Å². The van der Waals surface area contributed by atoms with Crippen LogP contribution in [0.3, 0.4) is 0 Å². The zero-order valence-corrected chi connectivity index (χ0v) is 11.3. The van der Waals surface area contributed by atoms with Crippen LogP contribution < -0.4 is 5.32 Å². The molecule has 0 amide bonds. The summed E-state index contributed by atoms with van der Waals surface area (Å²) in [5, 5.41) is 4.12. The maximum absolute atomic E-state index is 3.57. The molecule has 1 aliphatic heterocycles. The summed E-state index contributed by atoms with van der Waals surface area (Å²) in [6.45, 7) is 8.01. The number of thioether (sulfide) groups is 1. The Morgan fingerprint density at radius 2 is 2.13 bits per heavy atom. The third-order valence-corrected chi connectivity index (χ3v) is 5.56. The fourth-order valence-corrected chi connectivity index (χ4v) is 4.04. The first kappa shape index (κ1) is 11.5. The van der Waals surface area contributed by atoms with Crippen LogP contribution in [0, 0.1) is 0 Å². The Balaban J connectivity index is 2.12. The minimum Gasteiger partial charge on any atom is -0.301 e. The molecule has 0 aromatic carbocycles. The molecule has 2 heterocycles. The molecule has 0 saturated carbocycles. The van der Waals surface area contributed by atoms with Crippen LogP contribution in [0.15, 0.2) is 12.1 Å². The van der Waals surface area contributed by atoms with Crippen molar-refractivity contribution in [3.05, 3.63) is 21.9 Å². The summed E-state index contributed by atoms with van der Waals surface area (Å²) in [5.41, 5.74) is 0.294. The molecule has 1 atom stereocenters. The normalized spacial score (nSPS) is 23.0. The lowest BCUT2D eigenvalue weighted by Gasteiger charge is -2.22. The summed E-state index contributed by atoms with van der Waals surface area (Å²) in [5.74, 6) is 1.29. The van der Waals surface area contributed by atoms with Gasteiger partial charge in [0.1, 0.15) is 0 Å². The van der Waals surface area contributed by atoms with Crippen molar-refractivity contribution in [2.75, 3.05) is 12.3 Å². The molecule has 2 rings (SSSR count). The predicted molar refractivity (Wildman–Crippen MR) is 70.8 cm³/mol. The molecule has 1 fully saturated rings. The molecule has 0 bridgehead atoms. The lowest BCUT2D eigenvalue weighted by atomic mass is 9.95. The average molecular weight is 241 g/mol. The summed E-state index contributed by atoms with van der Waals surface area (Å²) < 4.78 is 0. The van der Waals surface area contributed by atoms with Crippen molar-refractivity contribution in [1.29, 1.82) is 0 Å². The maximum atomic E-state index is 3.57. The largest absolute Gasteiger partial charge is 0.301 e. The number of hydrogen-bond donors (Lipinski definition) is 1. The van der Waals surface area contributed by atoms with Crippen molar-refractivity contribution in [3.8, 4) is 0 Å². The molecule has 3 heteroatoms. The van der Waals surface area contributed by atoms with Crippen LogP contribution in [-0.4, -0.2) is 12.3 Å². The zero-order chi connectivity index (χ0) is 10.9. The molecule has 1 N–H and O–H groups in total. The minimum absolute atomic E-state index is 0.294. The van der Waals surface area contributed by atoms with E-state index in [4.69, 9.17) is 0 Å². The van der Waals surface area contributed by atoms with Gasteiger partial charge in [0, 0.05) is 9.75 Å². The SMILES string of the molecule is CC(C)(C)c1ccc(C2NCCCS2)s1. The molecule has 1 nitrogen and oxygen atoms in total. The Kier molecular flexibility index (Phi) is 3.43. The van der Waals surface area contributed by atoms with Gasteiger partial charge in [-0.15, -0.1) is 23.1 Å². The molecule has 1 aromatic heterocycles. The maximum Gasteiger partial charge on any atom is 0.0882 e. The summed E-state index contributed by atoms with van der Waals surface area (Å²) in [6, 6.07) is 4.58. The second kappa shape index (κ2) is 4.48. The highest BCUT2D eigenvalue weighted by atomic mass is 32.2. The van der Waals surface area contributed by atoms with Gasteiger partial charge in [-0.3, -0.25) is 0 Å². The summed E-state index contributed by atoms with van der Waals surface area (Å²) in [7, 11) is 0. The molecule has 84 valence electrons. The minimum atomic E-state index is 0.294. The van der Waals surface area contributed by atoms with Gasteiger partial charge in [0.25, 0.3) is 0 Å². The van der Waals surface area contributed by atoms with Crippen LogP contribution in [0.2, 0.25) is 0 Å². The van der Waals surface area contributed by atoms with Crippen LogP contribution in [0.1, 0.15) is 42.3 Å². The highest BCUT2D eigenvalue weighted by Crippen LogP contribution is 2.37. The van der Waals surface area contributed by atoms with E-state index in [2.05, 4.69) is 38.2 Å². The van der Waals surface area contributed by atoms with Crippen LogP contribution in [0.25, 0.3) is 0 Å². The molecular weight excluding hydrogens is 222 g/mol. The number of thiophene rings is 1. The number of rotatable bonds is 1. The molecule has 0 aliphatic carbocycles. The number of nitrogens with one attached hydrogen (secondary N) is 1. The van der Waals surface area contributed by atoms with E-state index in [1.807, 2.05) is 23.1 Å². The van der Waals surface area contributed by atoms with E-state index >= 15 is 0 Å². The quantitative estimate of drug-likeness (QED) is 0.803. The summed E-state index contributed by atoms with van der Waals surface area (Å²) in [6.07, 6.45) is 1.30. The molecular formula is C12H19NS2. The van der Waals surface area contributed by atoms with Gasteiger partial charge in [0.05, 0.1) is 5.37 Å². The predicted octanol–water partition coefficient (Wildman–Crippen LogP) is 3.77. The molecule has 1 saturated heterocycles. The van der Waals surface area contributed by atoms with Gasteiger partial charge < -0.3 is 5.32 Å².